The van der Waals surface area contributed by atoms with E-state index in [2.05, 4.69) is 25.5 Å². The first-order chi connectivity index (χ1) is 16.5. The fourth-order valence-electron chi connectivity index (χ4n) is 3.40. The maximum atomic E-state index is 14.1. The van der Waals surface area contributed by atoms with Crippen LogP contribution < -0.4 is 15.4 Å². The molecule has 0 saturated heterocycles. The molecule has 2 N–H and O–H groups in total. The lowest BCUT2D eigenvalue weighted by molar-refractivity contribution is -0.274. The molecule has 0 bridgehead atoms. The van der Waals surface area contributed by atoms with Crippen LogP contribution in [-0.4, -0.2) is 32.8 Å². The molecule has 0 aliphatic heterocycles. The number of hydrogen-bond donors (Lipinski definition) is 2. The Labute approximate surface area is 195 Å². The van der Waals surface area contributed by atoms with Crippen molar-refractivity contribution >= 4 is 29.0 Å². The Bertz CT molecular complexity index is 1430. The van der Waals surface area contributed by atoms with Crippen molar-refractivity contribution in [1.29, 1.82) is 0 Å². The third-order valence-electron chi connectivity index (χ3n) is 4.73. The van der Waals surface area contributed by atoms with Crippen molar-refractivity contribution in [1.82, 2.24) is 14.6 Å². The number of carbonyl (C=O) groups is 2. The zero-order valence-corrected chi connectivity index (χ0v) is 18.3. The van der Waals surface area contributed by atoms with E-state index in [1.54, 1.807) is 12.3 Å². The van der Waals surface area contributed by atoms with E-state index in [4.69, 9.17) is 0 Å². The van der Waals surface area contributed by atoms with Crippen LogP contribution in [0.25, 0.3) is 28.0 Å². The molecule has 4 aromatic rings. The number of carbonyl (C=O) groups excluding carboxylic acids is 2. The summed E-state index contributed by atoms with van der Waals surface area (Å²) in [5.41, 5.74) is 1.91. The Morgan fingerprint density at radius 3 is 2.23 bits per heavy atom. The molecule has 0 aliphatic rings. The van der Waals surface area contributed by atoms with E-state index in [1.165, 1.54) is 48.7 Å². The molecule has 0 fully saturated rings. The van der Waals surface area contributed by atoms with Gasteiger partial charge in [0.05, 0.1) is 16.9 Å². The summed E-state index contributed by atoms with van der Waals surface area (Å²) >= 11 is 0. The number of amides is 2. The molecule has 2 aromatic heterocycles. The van der Waals surface area contributed by atoms with Gasteiger partial charge in [0.25, 0.3) is 0 Å². The minimum atomic E-state index is -4.84. The van der Waals surface area contributed by atoms with Crippen molar-refractivity contribution in [3.8, 4) is 28.1 Å². The number of hydrogen-bond acceptors (Lipinski definition) is 5. The molecule has 35 heavy (non-hydrogen) atoms. The van der Waals surface area contributed by atoms with E-state index >= 15 is 0 Å². The molecule has 0 radical (unpaired) electrons. The van der Waals surface area contributed by atoms with Crippen LogP contribution in [0.3, 0.4) is 0 Å². The zero-order chi connectivity index (χ0) is 25.3. The average molecular weight is 487 g/mol. The van der Waals surface area contributed by atoms with Gasteiger partial charge in [-0.2, -0.15) is 0 Å². The monoisotopic (exact) mass is 487 g/mol. The van der Waals surface area contributed by atoms with Crippen molar-refractivity contribution in [3.05, 3.63) is 60.5 Å². The summed E-state index contributed by atoms with van der Waals surface area (Å²) in [4.78, 5) is 27.7. The van der Waals surface area contributed by atoms with Gasteiger partial charge in [-0.05, 0) is 42.0 Å². The summed E-state index contributed by atoms with van der Waals surface area (Å²) in [6.45, 7) is 2.54. The molecular weight excluding hydrogens is 470 g/mol. The number of anilines is 2. The molecule has 0 saturated carbocycles. The van der Waals surface area contributed by atoms with Crippen molar-refractivity contribution in [2.45, 2.75) is 20.2 Å². The van der Waals surface area contributed by atoms with Gasteiger partial charge in [-0.1, -0.05) is 12.1 Å². The fourth-order valence-corrected chi connectivity index (χ4v) is 3.40. The average Bonchev–Trinajstić information content (AvgIpc) is 3.10. The SMILES string of the molecule is CC(=O)Nc1cc(-c2ccn3nc(NC(C)=O)c(-c4ccc(OC(F)(F)F)cc4)c3n2)ccc1F. The first-order valence-electron chi connectivity index (χ1n) is 10.1. The Morgan fingerprint density at radius 1 is 0.943 bits per heavy atom. The molecule has 180 valence electrons. The van der Waals surface area contributed by atoms with Gasteiger partial charge in [-0.15, -0.1) is 18.3 Å². The van der Waals surface area contributed by atoms with Crippen LogP contribution in [0.5, 0.6) is 5.75 Å². The van der Waals surface area contributed by atoms with E-state index in [-0.39, 0.29) is 17.2 Å². The van der Waals surface area contributed by atoms with Gasteiger partial charge >= 0.3 is 6.36 Å². The fraction of sp³-hybridized carbons (Fsp3) is 0.130. The molecule has 0 aliphatic carbocycles. The maximum Gasteiger partial charge on any atom is 0.573 e. The number of aromatic nitrogens is 3. The van der Waals surface area contributed by atoms with E-state index in [0.29, 0.717) is 22.4 Å². The number of ether oxygens (including phenoxy) is 1. The van der Waals surface area contributed by atoms with E-state index in [1.807, 2.05) is 0 Å². The summed E-state index contributed by atoms with van der Waals surface area (Å²) in [6.07, 6.45) is -3.27. The largest absolute Gasteiger partial charge is 0.573 e. The highest BCUT2D eigenvalue weighted by Crippen LogP contribution is 2.34. The Hall–Kier alpha value is -4.48. The topological polar surface area (TPSA) is 97.6 Å². The molecule has 2 amide bonds. The normalized spacial score (nSPS) is 11.4. The minimum Gasteiger partial charge on any atom is -0.406 e. The Morgan fingerprint density at radius 2 is 1.60 bits per heavy atom. The van der Waals surface area contributed by atoms with Gasteiger partial charge < -0.3 is 15.4 Å². The summed E-state index contributed by atoms with van der Waals surface area (Å²) in [7, 11) is 0. The first kappa shape index (κ1) is 23.7. The number of fused-ring (bicyclic) bond motifs is 1. The quantitative estimate of drug-likeness (QED) is 0.386. The zero-order valence-electron chi connectivity index (χ0n) is 18.3. The standard InChI is InChI=1S/C23H17F4N5O3/c1-12(33)28-19-11-15(5-8-17(19)24)18-9-10-32-22(30-18)20(21(31-32)29-13(2)34)14-3-6-16(7-4-14)35-23(25,26)27/h3-11H,1-2H3,(H,28,33)(H,29,31,34). The minimum absolute atomic E-state index is 0.0235. The highest BCUT2D eigenvalue weighted by molar-refractivity contribution is 5.97. The Kier molecular flexibility index (Phi) is 6.12. The molecule has 0 unspecified atom stereocenters. The third kappa shape index (κ3) is 5.37. The van der Waals surface area contributed by atoms with E-state index in [9.17, 15) is 27.2 Å². The molecule has 2 heterocycles. The lowest BCUT2D eigenvalue weighted by Gasteiger charge is -2.10. The second kappa shape index (κ2) is 9.05. The predicted molar refractivity (Wildman–Crippen MR) is 119 cm³/mol. The van der Waals surface area contributed by atoms with Gasteiger partial charge in [0.15, 0.2) is 11.5 Å². The van der Waals surface area contributed by atoms with Crippen LogP contribution in [0.2, 0.25) is 0 Å². The highest BCUT2D eigenvalue weighted by Gasteiger charge is 2.31. The number of benzene rings is 2. The predicted octanol–water partition coefficient (Wildman–Crippen LogP) is 5.02. The van der Waals surface area contributed by atoms with Crippen LogP contribution in [-0.2, 0) is 9.59 Å². The van der Waals surface area contributed by atoms with Crippen molar-refractivity contribution in [3.63, 3.8) is 0 Å². The molecule has 0 spiro atoms. The second-order valence-electron chi connectivity index (χ2n) is 7.43. The number of nitrogens with one attached hydrogen (secondary N) is 2. The van der Waals surface area contributed by atoms with Gasteiger partial charge in [0.2, 0.25) is 11.8 Å². The van der Waals surface area contributed by atoms with Crippen LogP contribution in [0.4, 0.5) is 29.1 Å². The third-order valence-corrected chi connectivity index (χ3v) is 4.73. The number of rotatable bonds is 5. The van der Waals surface area contributed by atoms with Gasteiger partial charge in [-0.25, -0.2) is 13.9 Å². The Balaban J connectivity index is 1.83. The molecular formula is C23H17F4N5O3. The summed E-state index contributed by atoms with van der Waals surface area (Å²) in [6, 6.07) is 10.7. The first-order valence-corrected chi connectivity index (χ1v) is 10.1. The maximum absolute atomic E-state index is 14.1. The number of halogens is 4. The molecule has 8 nitrogen and oxygen atoms in total. The smallest absolute Gasteiger partial charge is 0.406 e. The van der Waals surface area contributed by atoms with Gasteiger partial charge in [0, 0.05) is 25.6 Å². The second-order valence-corrected chi connectivity index (χ2v) is 7.43. The van der Waals surface area contributed by atoms with Crippen LogP contribution in [0.1, 0.15) is 13.8 Å². The van der Waals surface area contributed by atoms with E-state index < -0.39 is 29.7 Å². The summed E-state index contributed by atoms with van der Waals surface area (Å²) in [5, 5.41) is 9.31. The summed E-state index contributed by atoms with van der Waals surface area (Å²) < 4.78 is 56.9. The summed E-state index contributed by atoms with van der Waals surface area (Å²) in [5.74, 6) is -1.75. The van der Waals surface area contributed by atoms with Crippen LogP contribution in [0, 0.1) is 5.82 Å². The van der Waals surface area contributed by atoms with E-state index in [0.717, 1.165) is 12.1 Å². The number of alkyl halides is 3. The van der Waals surface area contributed by atoms with Crippen LogP contribution in [0.15, 0.2) is 54.7 Å². The van der Waals surface area contributed by atoms with Gasteiger partial charge in [0.1, 0.15) is 11.6 Å². The lowest BCUT2D eigenvalue weighted by atomic mass is 10.1. The van der Waals surface area contributed by atoms with Crippen molar-refractivity contribution in [2.75, 3.05) is 10.6 Å². The molecule has 0 atom stereocenters. The van der Waals surface area contributed by atoms with Crippen molar-refractivity contribution in [2.24, 2.45) is 0 Å². The lowest BCUT2D eigenvalue weighted by Crippen LogP contribution is -2.16. The highest BCUT2D eigenvalue weighted by atomic mass is 19.4. The van der Waals surface area contributed by atoms with Crippen molar-refractivity contribution < 1.29 is 31.9 Å². The molecule has 4 rings (SSSR count). The molecule has 2 aromatic carbocycles. The van der Waals surface area contributed by atoms with Crippen LogP contribution >= 0.6 is 0 Å². The van der Waals surface area contributed by atoms with Gasteiger partial charge in [-0.3, -0.25) is 9.59 Å². The number of nitrogens with zero attached hydrogens (tertiary/aromatic N) is 3. The molecule has 12 heteroatoms.